The number of rotatable bonds is 7. The Morgan fingerprint density at radius 3 is 2.11 bits per heavy atom. The van der Waals surface area contributed by atoms with Gasteiger partial charge in [-0.3, -0.25) is 14.4 Å². The van der Waals surface area contributed by atoms with Crippen molar-refractivity contribution in [3.8, 4) is 0 Å². The Balaban J connectivity index is 1.49. The number of aliphatic hydroxyl groups excluding tert-OH is 1. The lowest BCUT2D eigenvalue weighted by molar-refractivity contribution is -0.159. The molecule has 1 N–H and O–H groups in total. The van der Waals surface area contributed by atoms with Crippen LogP contribution in [0.2, 0.25) is 0 Å². The molecule has 1 spiro atoms. The fourth-order valence-electron chi connectivity index (χ4n) is 8.76. The van der Waals surface area contributed by atoms with Gasteiger partial charge in [-0.1, -0.05) is 106 Å². The summed E-state index contributed by atoms with van der Waals surface area (Å²) in [6.07, 6.45) is 8.40. The molecule has 0 aliphatic carbocycles. The lowest BCUT2D eigenvalue weighted by atomic mass is 9.74. The Labute approximate surface area is 272 Å². The Bertz CT molecular complexity index is 1550. The largest absolute Gasteiger partial charge is 0.394 e. The average Bonchev–Trinajstić information content (AvgIpc) is 3.26. The highest BCUT2D eigenvalue weighted by molar-refractivity contribution is 6.00. The van der Waals surface area contributed by atoms with Crippen molar-refractivity contribution in [2.75, 3.05) is 19.7 Å². The van der Waals surface area contributed by atoms with Crippen molar-refractivity contribution in [1.29, 1.82) is 0 Å². The van der Waals surface area contributed by atoms with Crippen LogP contribution < -0.4 is 0 Å². The third-order valence-electron chi connectivity index (χ3n) is 10.2. The number of fused-ring (bicyclic) bond motifs is 2. The van der Waals surface area contributed by atoms with E-state index in [1.165, 1.54) is 0 Å². The number of likely N-dealkylation sites (tertiary alicyclic amines) is 1. The summed E-state index contributed by atoms with van der Waals surface area (Å²) in [4.78, 5) is 49.9. The Kier molecular flexibility index (Phi) is 8.05. The van der Waals surface area contributed by atoms with Crippen molar-refractivity contribution in [3.05, 3.63) is 96.1 Å². The van der Waals surface area contributed by atoms with E-state index in [0.29, 0.717) is 19.6 Å². The Hall–Kier alpha value is -3.75. The Morgan fingerprint density at radius 1 is 0.848 bits per heavy atom. The molecule has 2 fully saturated rings. The molecule has 46 heavy (non-hydrogen) atoms. The first-order valence-corrected chi connectivity index (χ1v) is 16.4. The molecule has 0 bridgehead atoms. The van der Waals surface area contributed by atoms with E-state index in [-0.39, 0.29) is 29.7 Å². The highest BCUT2D eigenvalue weighted by atomic mass is 16.5. The van der Waals surface area contributed by atoms with Crippen molar-refractivity contribution < 1.29 is 24.2 Å². The molecule has 8 heteroatoms. The van der Waals surface area contributed by atoms with E-state index in [9.17, 15) is 9.90 Å². The summed E-state index contributed by atoms with van der Waals surface area (Å²) < 4.78 is 7.05. The monoisotopic (exact) mass is 625 g/mol. The van der Waals surface area contributed by atoms with Crippen LogP contribution in [0.5, 0.6) is 0 Å². The second-order valence-electron chi connectivity index (χ2n) is 15.4. The molecular formula is C38H47N3O5. The first-order chi connectivity index (χ1) is 21.7. The third-order valence-corrected chi connectivity index (χ3v) is 10.2. The van der Waals surface area contributed by atoms with E-state index in [4.69, 9.17) is 4.74 Å². The summed E-state index contributed by atoms with van der Waals surface area (Å²) in [6, 6.07) is 17.2. The minimum Gasteiger partial charge on any atom is -0.394 e. The quantitative estimate of drug-likeness (QED) is 0.442. The summed E-state index contributed by atoms with van der Waals surface area (Å²) >= 11 is 0. The zero-order valence-corrected chi connectivity index (χ0v) is 27.8. The number of carbonyl (C=O) groups is 3. The molecule has 4 aliphatic rings. The zero-order valence-electron chi connectivity index (χ0n) is 27.8. The summed E-state index contributed by atoms with van der Waals surface area (Å²) in [5, 5.41) is 10.9. The van der Waals surface area contributed by atoms with Gasteiger partial charge in [-0.25, -0.2) is 0 Å². The maximum absolute atomic E-state index is 15.1. The van der Waals surface area contributed by atoms with E-state index in [0.717, 1.165) is 17.5 Å². The standard InChI is InChI=1S/C38H47N3O5/c1-35(2,3)25-36(4,5)40-22-14-20-38-30(33(44)41(31(38)34(40)45)28(24-42)27-17-11-8-12-18-27)29-32(43)39(21-13-19-37(29,6)46-38)23-26-15-9-7-10-16-26/h7-20,28-31,42H,21-25H2,1-6H3/t28-,29-,30+,31?,37+,38+/m1/s1. The van der Waals surface area contributed by atoms with Gasteiger partial charge in [-0.15, -0.1) is 0 Å². The molecule has 4 heterocycles. The Morgan fingerprint density at radius 2 is 1.48 bits per heavy atom. The van der Waals surface area contributed by atoms with E-state index >= 15 is 9.59 Å². The third kappa shape index (κ3) is 5.29. The number of carbonyl (C=O) groups excluding carboxylic acids is 3. The van der Waals surface area contributed by atoms with Crippen LogP contribution in [-0.2, 0) is 25.7 Å². The molecule has 2 aromatic rings. The summed E-state index contributed by atoms with van der Waals surface area (Å²) in [5.74, 6) is -2.58. The molecule has 6 rings (SSSR count). The van der Waals surface area contributed by atoms with E-state index in [1.54, 1.807) is 9.80 Å². The highest BCUT2D eigenvalue weighted by Crippen LogP contribution is 2.59. The second-order valence-corrected chi connectivity index (χ2v) is 15.4. The summed E-state index contributed by atoms with van der Waals surface area (Å²) in [7, 11) is 0. The fourth-order valence-corrected chi connectivity index (χ4v) is 8.76. The number of benzene rings is 2. The molecule has 4 aliphatic heterocycles. The first kappa shape index (κ1) is 32.2. The van der Waals surface area contributed by atoms with Gasteiger partial charge < -0.3 is 24.5 Å². The normalized spacial score (nSPS) is 30.2. The minimum absolute atomic E-state index is 0.0627. The average molecular weight is 626 g/mol. The smallest absolute Gasteiger partial charge is 0.249 e. The van der Waals surface area contributed by atoms with Crippen LogP contribution in [0.15, 0.2) is 85.0 Å². The van der Waals surface area contributed by atoms with Crippen LogP contribution in [0.3, 0.4) is 0 Å². The maximum Gasteiger partial charge on any atom is 0.249 e. The van der Waals surface area contributed by atoms with Gasteiger partial charge in [0, 0.05) is 25.2 Å². The number of nitrogens with zero attached hydrogens (tertiary/aromatic N) is 3. The van der Waals surface area contributed by atoms with Gasteiger partial charge in [0.1, 0.15) is 11.6 Å². The van der Waals surface area contributed by atoms with Gasteiger partial charge in [0.25, 0.3) is 0 Å². The SMILES string of the molecule is CC(C)(C)CC(C)(C)N1CC=C[C@]23O[C@@]4(C)C=CCN(Cc5ccccc5)C(=O)[C@H]4[C@H]2C(=O)N([C@H](CO)c2ccccc2)C3C1=O. The molecule has 6 atom stereocenters. The van der Waals surface area contributed by atoms with Crippen molar-refractivity contribution in [3.63, 3.8) is 0 Å². The van der Waals surface area contributed by atoms with Crippen molar-refractivity contribution in [2.45, 2.75) is 83.3 Å². The van der Waals surface area contributed by atoms with Crippen LogP contribution in [0, 0.1) is 17.3 Å². The van der Waals surface area contributed by atoms with Gasteiger partial charge in [0.15, 0.2) is 0 Å². The zero-order chi connectivity index (χ0) is 33.1. The summed E-state index contributed by atoms with van der Waals surface area (Å²) in [5.41, 5.74) is -1.42. The molecule has 0 saturated carbocycles. The van der Waals surface area contributed by atoms with Crippen LogP contribution in [0.4, 0.5) is 0 Å². The molecular weight excluding hydrogens is 578 g/mol. The fraction of sp³-hybridized carbons (Fsp3) is 0.500. The van der Waals surface area contributed by atoms with Crippen LogP contribution >= 0.6 is 0 Å². The number of aliphatic hydroxyl groups is 1. The predicted octanol–water partition coefficient (Wildman–Crippen LogP) is 4.90. The topological polar surface area (TPSA) is 90.4 Å². The minimum atomic E-state index is -1.40. The van der Waals surface area contributed by atoms with E-state index < -0.39 is 40.7 Å². The highest BCUT2D eigenvalue weighted by Gasteiger charge is 2.75. The lowest BCUT2D eigenvalue weighted by Gasteiger charge is -2.45. The number of ether oxygens (including phenoxy) is 1. The van der Waals surface area contributed by atoms with Gasteiger partial charge in [-0.05, 0) is 43.7 Å². The van der Waals surface area contributed by atoms with Crippen LogP contribution in [-0.4, -0.2) is 80.0 Å². The summed E-state index contributed by atoms with van der Waals surface area (Å²) in [6.45, 7) is 13.2. The van der Waals surface area contributed by atoms with Crippen LogP contribution in [0.25, 0.3) is 0 Å². The molecule has 3 amide bonds. The lowest BCUT2D eigenvalue weighted by Crippen LogP contribution is -2.60. The van der Waals surface area contributed by atoms with E-state index in [2.05, 4.69) is 34.6 Å². The molecule has 1 unspecified atom stereocenters. The van der Waals surface area contributed by atoms with Crippen molar-refractivity contribution >= 4 is 17.7 Å². The van der Waals surface area contributed by atoms with Crippen LogP contribution in [0.1, 0.15) is 65.1 Å². The number of amides is 3. The van der Waals surface area contributed by atoms with Crippen molar-refractivity contribution in [1.82, 2.24) is 14.7 Å². The molecule has 2 aromatic carbocycles. The van der Waals surface area contributed by atoms with Crippen molar-refractivity contribution in [2.24, 2.45) is 17.3 Å². The first-order valence-electron chi connectivity index (χ1n) is 16.4. The molecule has 244 valence electrons. The van der Waals surface area contributed by atoms with E-state index in [1.807, 2.05) is 96.8 Å². The maximum atomic E-state index is 15.1. The molecule has 0 radical (unpaired) electrons. The number of hydrogen-bond donors (Lipinski definition) is 1. The van der Waals surface area contributed by atoms with Gasteiger partial charge in [0.2, 0.25) is 17.7 Å². The van der Waals surface area contributed by atoms with Gasteiger partial charge >= 0.3 is 0 Å². The number of hydrogen-bond acceptors (Lipinski definition) is 5. The van der Waals surface area contributed by atoms with Gasteiger partial charge in [0.05, 0.1) is 30.1 Å². The molecule has 8 nitrogen and oxygen atoms in total. The second kappa shape index (κ2) is 11.5. The van der Waals surface area contributed by atoms with Gasteiger partial charge in [-0.2, -0.15) is 0 Å². The molecule has 0 aromatic heterocycles. The molecule has 2 saturated heterocycles. The predicted molar refractivity (Wildman–Crippen MR) is 176 cm³/mol.